The van der Waals surface area contributed by atoms with Gasteiger partial charge in [-0.2, -0.15) is 0 Å². The SMILES string of the molecule is CC(C)C[C@@H](NC(=O)CCC(C)(C)c1ccccc1)C(=O)N1CCOCC1. The molecule has 1 atom stereocenters. The van der Waals surface area contributed by atoms with Crippen LogP contribution in [-0.2, 0) is 19.7 Å². The van der Waals surface area contributed by atoms with Crippen molar-refractivity contribution in [3.8, 4) is 0 Å². The number of carbonyl (C=O) groups is 2. The van der Waals surface area contributed by atoms with E-state index in [4.69, 9.17) is 4.74 Å². The Morgan fingerprint density at radius 3 is 2.37 bits per heavy atom. The fourth-order valence-corrected chi connectivity index (χ4v) is 3.42. The van der Waals surface area contributed by atoms with E-state index < -0.39 is 6.04 Å². The molecule has 0 bridgehead atoms. The van der Waals surface area contributed by atoms with Gasteiger partial charge in [-0.05, 0) is 29.7 Å². The molecule has 150 valence electrons. The number of morpholine rings is 1. The van der Waals surface area contributed by atoms with E-state index >= 15 is 0 Å². The van der Waals surface area contributed by atoms with Crippen molar-refractivity contribution in [2.24, 2.45) is 5.92 Å². The highest BCUT2D eigenvalue weighted by atomic mass is 16.5. The van der Waals surface area contributed by atoms with Gasteiger partial charge in [0.05, 0.1) is 13.2 Å². The van der Waals surface area contributed by atoms with E-state index in [0.717, 1.165) is 6.42 Å². The number of hydrogen-bond donors (Lipinski definition) is 1. The van der Waals surface area contributed by atoms with Gasteiger partial charge in [0.1, 0.15) is 6.04 Å². The molecule has 0 spiro atoms. The third-order valence-electron chi connectivity index (χ3n) is 5.20. The van der Waals surface area contributed by atoms with E-state index in [0.29, 0.717) is 45.1 Å². The largest absolute Gasteiger partial charge is 0.378 e. The number of rotatable bonds is 8. The maximum absolute atomic E-state index is 12.8. The molecule has 0 aromatic heterocycles. The molecule has 1 heterocycles. The molecule has 0 aliphatic carbocycles. The van der Waals surface area contributed by atoms with Crippen LogP contribution in [0, 0.1) is 5.92 Å². The first kappa shape index (κ1) is 21.4. The molecule has 1 aromatic rings. The lowest BCUT2D eigenvalue weighted by Gasteiger charge is -2.31. The Hall–Kier alpha value is -1.88. The van der Waals surface area contributed by atoms with Crippen molar-refractivity contribution in [3.05, 3.63) is 35.9 Å². The Bertz CT molecular complexity index is 607. The summed E-state index contributed by atoms with van der Waals surface area (Å²) in [5.74, 6) is 0.301. The molecule has 0 saturated carbocycles. The molecule has 1 N–H and O–H groups in total. The Labute approximate surface area is 163 Å². The second-order valence-electron chi connectivity index (χ2n) is 8.44. The predicted octanol–water partition coefficient (Wildman–Crippen LogP) is 3.13. The van der Waals surface area contributed by atoms with Crippen LogP contribution in [0.15, 0.2) is 30.3 Å². The maximum atomic E-state index is 12.8. The summed E-state index contributed by atoms with van der Waals surface area (Å²) < 4.78 is 5.33. The lowest BCUT2D eigenvalue weighted by atomic mass is 9.80. The van der Waals surface area contributed by atoms with Crippen molar-refractivity contribution >= 4 is 11.8 Å². The highest BCUT2D eigenvalue weighted by Crippen LogP contribution is 2.28. The summed E-state index contributed by atoms with van der Waals surface area (Å²) in [5, 5.41) is 3.00. The van der Waals surface area contributed by atoms with Gasteiger partial charge in [-0.3, -0.25) is 9.59 Å². The Morgan fingerprint density at radius 1 is 1.15 bits per heavy atom. The molecule has 5 nitrogen and oxygen atoms in total. The first-order chi connectivity index (χ1) is 12.8. The second-order valence-corrected chi connectivity index (χ2v) is 8.44. The number of ether oxygens (including phenoxy) is 1. The van der Waals surface area contributed by atoms with E-state index in [1.54, 1.807) is 0 Å². The van der Waals surface area contributed by atoms with E-state index in [-0.39, 0.29) is 17.2 Å². The van der Waals surface area contributed by atoms with Crippen LogP contribution < -0.4 is 5.32 Å². The molecule has 2 amide bonds. The number of nitrogens with one attached hydrogen (secondary N) is 1. The van der Waals surface area contributed by atoms with Gasteiger partial charge in [0.2, 0.25) is 11.8 Å². The summed E-state index contributed by atoms with van der Waals surface area (Å²) >= 11 is 0. The van der Waals surface area contributed by atoms with Crippen LogP contribution in [0.25, 0.3) is 0 Å². The van der Waals surface area contributed by atoms with Crippen LogP contribution in [0.3, 0.4) is 0 Å². The molecule has 1 saturated heterocycles. The van der Waals surface area contributed by atoms with Gasteiger partial charge in [-0.1, -0.05) is 58.0 Å². The Morgan fingerprint density at radius 2 is 1.78 bits per heavy atom. The quantitative estimate of drug-likeness (QED) is 0.760. The summed E-state index contributed by atoms with van der Waals surface area (Å²) in [5.41, 5.74) is 1.14. The lowest BCUT2D eigenvalue weighted by molar-refractivity contribution is -0.140. The summed E-state index contributed by atoms with van der Waals surface area (Å²) in [7, 11) is 0. The van der Waals surface area contributed by atoms with Crippen molar-refractivity contribution in [2.75, 3.05) is 26.3 Å². The minimum Gasteiger partial charge on any atom is -0.378 e. The van der Waals surface area contributed by atoms with Crippen molar-refractivity contribution < 1.29 is 14.3 Å². The zero-order valence-electron chi connectivity index (χ0n) is 17.2. The molecule has 1 aromatic carbocycles. The van der Waals surface area contributed by atoms with Gasteiger partial charge in [0.25, 0.3) is 0 Å². The molecule has 1 fully saturated rings. The van der Waals surface area contributed by atoms with Gasteiger partial charge >= 0.3 is 0 Å². The van der Waals surface area contributed by atoms with Crippen LogP contribution >= 0.6 is 0 Å². The van der Waals surface area contributed by atoms with E-state index in [2.05, 4.69) is 45.1 Å². The number of benzene rings is 1. The van der Waals surface area contributed by atoms with Crippen LogP contribution in [0.4, 0.5) is 0 Å². The Balaban J connectivity index is 1.93. The number of nitrogens with zero attached hydrogens (tertiary/aromatic N) is 1. The summed E-state index contributed by atoms with van der Waals surface area (Å²) in [6, 6.07) is 9.80. The van der Waals surface area contributed by atoms with Gasteiger partial charge < -0.3 is 15.0 Å². The molecule has 1 aliphatic heterocycles. The van der Waals surface area contributed by atoms with Crippen LogP contribution in [0.1, 0.15) is 52.5 Å². The van der Waals surface area contributed by atoms with Gasteiger partial charge in [-0.25, -0.2) is 0 Å². The topological polar surface area (TPSA) is 58.6 Å². The third-order valence-corrected chi connectivity index (χ3v) is 5.20. The van der Waals surface area contributed by atoms with Gasteiger partial charge in [0, 0.05) is 19.5 Å². The molecular formula is C22H34N2O3. The average molecular weight is 375 g/mol. The van der Waals surface area contributed by atoms with Gasteiger partial charge in [0.15, 0.2) is 0 Å². The summed E-state index contributed by atoms with van der Waals surface area (Å²) in [6.07, 6.45) is 1.81. The highest BCUT2D eigenvalue weighted by molar-refractivity contribution is 5.87. The van der Waals surface area contributed by atoms with Crippen LogP contribution in [0.5, 0.6) is 0 Å². The number of amides is 2. The number of carbonyl (C=O) groups excluding carboxylic acids is 2. The van der Waals surface area contributed by atoms with E-state index in [9.17, 15) is 9.59 Å². The molecule has 0 radical (unpaired) electrons. The summed E-state index contributed by atoms with van der Waals surface area (Å²) in [4.78, 5) is 27.3. The number of hydrogen-bond acceptors (Lipinski definition) is 3. The molecule has 2 rings (SSSR count). The van der Waals surface area contributed by atoms with Crippen LogP contribution in [-0.4, -0.2) is 49.1 Å². The first-order valence-electron chi connectivity index (χ1n) is 10.0. The fraction of sp³-hybridized carbons (Fsp3) is 0.636. The normalized spacial score (nSPS) is 16.3. The van der Waals surface area contributed by atoms with Crippen molar-refractivity contribution in [1.29, 1.82) is 0 Å². The van der Waals surface area contributed by atoms with Gasteiger partial charge in [-0.15, -0.1) is 0 Å². The second kappa shape index (κ2) is 9.88. The maximum Gasteiger partial charge on any atom is 0.245 e. The van der Waals surface area contributed by atoms with E-state index in [1.165, 1.54) is 5.56 Å². The monoisotopic (exact) mass is 374 g/mol. The minimum absolute atomic E-state index is 0.0164. The molecule has 27 heavy (non-hydrogen) atoms. The van der Waals surface area contributed by atoms with E-state index in [1.807, 2.05) is 23.1 Å². The lowest BCUT2D eigenvalue weighted by Crippen LogP contribution is -2.52. The highest BCUT2D eigenvalue weighted by Gasteiger charge is 2.28. The predicted molar refractivity (Wildman–Crippen MR) is 107 cm³/mol. The minimum atomic E-state index is -0.449. The molecule has 0 unspecified atom stereocenters. The molecule has 1 aliphatic rings. The standard InChI is InChI=1S/C22H34N2O3/c1-17(2)16-19(21(26)24-12-14-27-15-13-24)23-20(25)10-11-22(3,4)18-8-6-5-7-9-18/h5-9,17,19H,10-16H2,1-4H3,(H,23,25)/t19-/m1/s1. The zero-order chi connectivity index (χ0) is 19.9. The van der Waals surface area contributed by atoms with Crippen molar-refractivity contribution in [2.45, 2.75) is 58.4 Å². The van der Waals surface area contributed by atoms with Crippen molar-refractivity contribution in [3.63, 3.8) is 0 Å². The average Bonchev–Trinajstić information content (AvgIpc) is 2.66. The smallest absolute Gasteiger partial charge is 0.245 e. The first-order valence-corrected chi connectivity index (χ1v) is 10.0. The fourth-order valence-electron chi connectivity index (χ4n) is 3.42. The molecule has 5 heteroatoms. The third kappa shape index (κ3) is 6.65. The zero-order valence-corrected chi connectivity index (χ0v) is 17.2. The summed E-state index contributed by atoms with van der Waals surface area (Å²) in [6.45, 7) is 10.8. The Kier molecular flexibility index (Phi) is 7.84. The molecular weight excluding hydrogens is 340 g/mol. The van der Waals surface area contributed by atoms with Crippen molar-refractivity contribution in [1.82, 2.24) is 10.2 Å². The van der Waals surface area contributed by atoms with Crippen LogP contribution in [0.2, 0.25) is 0 Å².